The van der Waals surface area contributed by atoms with Crippen molar-refractivity contribution in [3.8, 4) is 0 Å². The number of non-ortho nitro benzene ring substituents is 1. The number of nitro groups is 1. The molecule has 0 spiro atoms. The lowest BCUT2D eigenvalue weighted by Gasteiger charge is -2.36. The van der Waals surface area contributed by atoms with E-state index >= 15 is 0 Å². The minimum Gasteiger partial charge on any atom is -0.399 e. The lowest BCUT2D eigenvalue weighted by Crippen LogP contribution is -2.52. The molecule has 194 valence electrons. The third-order valence-electron chi connectivity index (χ3n) is 6.54. The second kappa shape index (κ2) is 12.0. The van der Waals surface area contributed by atoms with Crippen LogP contribution in [-0.4, -0.2) is 77.9 Å². The van der Waals surface area contributed by atoms with Gasteiger partial charge in [0.2, 0.25) is 11.8 Å². The minimum absolute atomic E-state index is 0.0359. The maximum Gasteiger partial charge on any atom is 0.269 e. The average molecular weight is 497 g/mol. The molecule has 10 heteroatoms. The molecule has 36 heavy (non-hydrogen) atoms. The highest BCUT2D eigenvalue weighted by Gasteiger charge is 2.27. The van der Waals surface area contributed by atoms with Crippen LogP contribution in [0.15, 0.2) is 48.5 Å². The minimum atomic E-state index is -0.442. The molecule has 0 aromatic heterocycles. The number of carbonyl (C=O) groups excluding carboxylic acids is 2. The number of amides is 2. The lowest BCUT2D eigenvalue weighted by molar-refractivity contribution is -0.384. The molecule has 2 aliphatic heterocycles. The van der Waals surface area contributed by atoms with Crippen molar-refractivity contribution >= 4 is 34.6 Å². The quantitative estimate of drug-likeness (QED) is 0.384. The van der Waals surface area contributed by atoms with Crippen LogP contribution in [0.2, 0.25) is 0 Å². The molecule has 2 N–H and O–H groups in total. The van der Waals surface area contributed by atoms with Gasteiger partial charge in [-0.1, -0.05) is 0 Å². The van der Waals surface area contributed by atoms with Crippen LogP contribution in [0.3, 0.4) is 0 Å². The summed E-state index contributed by atoms with van der Waals surface area (Å²) in [6.07, 6.45) is 0. The number of benzene rings is 2. The number of carbonyl (C=O) groups is 2. The Labute approximate surface area is 212 Å². The summed E-state index contributed by atoms with van der Waals surface area (Å²) in [5.41, 5.74) is 8.06. The molecule has 0 bridgehead atoms. The van der Waals surface area contributed by atoms with Crippen molar-refractivity contribution < 1.29 is 14.5 Å². The molecule has 0 radical (unpaired) electrons. The van der Waals surface area contributed by atoms with Gasteiger partial charge >= 0.3 is 0 Å². The van der Waals surface area contributed by atoms with Crippen molar-refractivity contribution in [2.24, 2.45) is 0 Å². The molecule has 2 saturated heterocycles. The Kier molecular flexibility index (Phi) is 9.00. The molecular weight excluding hydrogens is 460 g/mol. The van der Waals surface area contributed by atoms with E-state index in [2.05, 4.69) is 37.5 Å². The number of nitro benzene ring substituents is 1. The Hall–Kier alpha value is -3.50. The van der Waals surface area contributed by atoms with E-state index in [1.54, 1.807) is 17.0 Å². The van der Waals surface area contributed by atoms with Crippen molar-refractivity contribution in [3.63, 3.8) is 0 Å². The van der Waals surface area contributed by atoms with Crippen LogP contribution in [0.1, 0.15) is 27.7 Å². The first-order valence-corrected chi connectivity index (χ1v) is 12.3. The molecule has 0 aliphatic carbocycles. The molecule has 0 atom stereocenters. The summed E-state index contributed by atoms with van der Waals surface area (Å²) >= 11 is 0. The van der Waals surface area contributed by atoms with Crippen molar-refractivity contribution in [2.45, 2.75) is 39.8 Å². The third kappa shape index (κ3) is 6.79. The van der Waals surface area contributed by atoms with Crippen LogP contribution in [-0.2, 0) is 9.59 Å². The van der Waals surface area contributed by atoms with Gasteiger partial charge in [0.1, 0.15) is 0 Å². The second-order valence-electron chi connectivity index (χ2n) is 9.58. The highest BCUT2D eigenvalue weighted by atomic mass is 16.6. The van der Waals surface area contributed by atoms with E-state index in [1.165, 1.54) is 12.1 Å². The van der Waals surface area contributed by atoms with Crippen LogP contribution < -0.4 is 15.5 Å². The molecule has 2 aromatic carbocycles. The normalized spacial score (nSPS) is 17.4. The van der Waals surface area contributed by atoms with Gasteiger partial charge in [0.25, 0.3) is 5.69 Å². The maximum absolute atomic E-state index is 12.1. The zero-order chi connectivity index (χ0) is 26.4. The van der Waals surface area contributed by atoms with Gasteiger partial charge in [0, 0.05) is 67.5 Å². The summed E-state index contributed by atoms with van der Waals surface area (Å²) in [7, 11) is 0. The van der Waals surface area contributed by atoms with Crippen LogP contribution in [0.25, 0.3) is 0 Å². The summed E-state index contributed by atoms with van der Waals surface area (Å²) in [4.78, 5) is 42.1. The SMILES string of the molecule is CC(C)N1CCN(c2ccc(N)cc2)C(=O)C1.CC(C)N1CCN(c2ccc([N+](=O)[O-])cc2)C(=O)C1. The first-order valence-electron chi connectivity index (χ1n) is 12.3. The zero-order valence-electron chi connectivity index (χ0n) is 21.5. The first kappa shape index (κ1) is 27.1. The zero-order valence-corrected chi connectivity index (χ0v) is 21.5. The van der Waals surface area contributed by atoms with Crippen molar-refractivity contribution in [1.29, 1.82) is 0 Å². The van der Waals surface area contributed by atoms with E-state index < -0.39 is 4.92 Å². The number of piperazine rings is 2. The summed E-state index contributed by atoms with van der Waals surface area (Å²) < 4.78 is 0. The van der Waals surface area contributed by atoms with Gasteiger partial charge in [-0.15, -0.1) is 0 Å². The summed E-state index contributed by atoms with van der Waals surface area (Å²) in [6, 6.07) is 14.3. The molecule has 2 aromatic rings. The van der Waals surface area contributed by atoms with Crippen molar-refractivity contribution in [3.05, 3.63) is 58.6 Å². The molecular formula is C26H36N6O4. The largest absolute Gasteiger partial charge is 0.399 e. The predicted molar refractivity (Wildman–Crippen MR) is 142 cm³/mol. The van der Waals surface area contributed by atoms with E-state index in [1.807, 2.05) is 29.2 Å². The van der Waals surface area contributed by atoms with Crippen molar-refractivity contribution in [1.82, 2.24) is 9.80 Å². The summed E-state index contributed by atoms with van der Waals surface area (Å²) in [5, 5.41) is 10.6. The van der Waals surface area contributed by atoms with Crippen molar-refractivity contribution in [2.75, 3.05) is 54.8 Å². The predicted octanol–water partition coefficient (Wildman–Crippen LogP) is 2.98. The van der Waals surface area contributed by atoms with Gasteiger partial charge in [0.15, 0.2) is 0 Å². The molecule has 2 fully saturated rings. The van der Waals surface area contributed by atoms with Gasteiger partial charge in [-0.25, -0.2) is 0 Å². The number of anilines is 3. The molecule has 0 saturated carbocycles. The van der Waals surface area contributed by atoms with Gasteiger partial charge < -0.3 is 15.5 Å². The molecule has 2 heterocycles. The third-order valence-corrected chi connectivity index (χ3v) is 6.54. The number of nitrogen functional groups attached to an aromatic ring is 1. The number of hydrogen-bond acceptors (Lipinski definition) is 7. The lowest BCUT2D eigenvalue weighted by atomic mass is 10.2. The first-order chi connectivity index (χ1) is 17.1. The topological polar surface area (TPSA) is 116 Å². The van der Waals surface area contributed by atoms with E-state index in [0.29, 0.717) is 31.7 Å². The fourth-order valence-corrected chi connectivity index (χ4v) is 4.22. The van der Waals surface area contributed by atoms with E-state index in [4.69, 9.17) is 5.73 Å². The second-order valence-corrected chi connectivity index (χ2v) is 9.58. The Morgan fingerprint density at radius 1 is 0.722 bits per heavy atom. The highest BCUT2D eigenvalue weighted by molar-refractivity contribution is 5.96. The molecule has 2 aliphatic rings. The van der Waals surface area contributed by atoms with E-state index in [9.17, 15) is 19.7 Å². The summed E-state index contributed by atoms with van der Waals surface area (Å²) in [6.45, 7) is 12.4. The monoisotopic (exact) mass is 496 g/mol. The fraction of sp³-hybridized carbons (Fsp3) is 0.462. The number of nitrogens with two attached hydrogens (primary N) is 1. The van der Waals surface area contributed by atoms with E-state index in [-0.39, 0.29) is 17.5 Å². The van der Waals surface area contributed by atoms with Gasteiger partial charge in [-0.05, 0) is 64.1 Å². The molecule has 4 rings (SSSR count). The highest BCUT2D eigenvalue weighted by Crippen LogP contribution is 2.22. The Morgan fingerprint density at radius 3 is 1.44 bits per heavy atom. The Morgan fingerprint density at radius 2 is 1.11 bits per heavy atom. The average Bonchev–Trinajstić information content (AvgIpc) is 2.85. The number of nitrogens with zero attached hydrogens (tertiary/aromatic N) is 5. The number of hydrogen-bond donors (Lipinski definition) is 1. The van der Waals surface area contributed by atoms with E-state index in [0.717, 1.165) is 36.7 Å². The van der Waals surface area contributed by atoms with Gasteiger partial charge in [-0.3, -0.25) is 29.5 Å². The Balaban J connectivity index is 0.000000202. The number of rotatable bonds is 5. The molecule has 0 unspecified atom stereocenters. The molecule has 2 amide bonds. The Bertz CT molecular complexity index is 1060. The van der Waals surface area contributed by atoms with Crippen LogP contribution in [0, 0.1) is 10.1 Å². The molecule has 10 nitrogen and oxygen atoms in total. The fourth-order valence-electron chi connectivity index (χ4n) is 4.22. The standard InChI is InChI=1S/C13H17N3O3.C13H19N3O/c1-10(2)14-7-8-15(13(17)9-14)11-3-5-12(6-4-11)16(18)19;1-10(2)15-7-8-16(13(17)9-15)12-5-3-11(14)4-6-12/h3-6,10H,7-9H2,1-2H3;3-6,10H,7-9,14H2,1-2H3. The van der Waals surface area contributed by atoms with Gasteiger partial charge in [0.05, 0.1) is 18.0 Å². The van der Waals surface area contributed by atoms with Gasteiger partial charge in [-0.2, -0.15) is 0 Å². The van der Waals surface area contributed by atoms with Crippen LogP contribution >= 0.6 is 0 Å². The maximum atomic E-state index is 12.1. The van der Waals surface area contributed by atoms with Crippen LogP contribution in [0.4, 0.5) is 22.7 Å². The smallest absolute Gasteiger partial charge is 0.269 e. The van der Waals surface area contributed by atoms with Crippen LogP contribution in [0.5, 0.6) is 0 Å². The summed E-state index contributed by atoms with van der Waals surface area (Å²) in [5.74, 6) is 0.198.